The van der Waals surface area contributed by atoms with Crippen LogP contribution < -0.4 is 9.64 Å². The number of aromatic nitrogens is 2. The molecule has 1 N–H and O–H groups in total. The molecule has 0 saturated carbocycles. The summed E-state index contributed by atoms with van der Waals surface area (Å²) >= 11 is 6.45. The van der Waals surface area contributed by atoms with Crippen molar-refractivity contribution in [3.05, 3.63) is 54.0 Å². The molecule has 2 aromatic heterocycles. The number of fused-ring (bicyclic) bond motifs is 3. The highest BCUT2D eigenvalue weighted by Gasteiger charge is 2.32. The van der Waals surface area contributed by atoms with Crippen molar-refractivity contribution >= 4 is 45.2 Å². The van der Waals surface area contributed by atoms with Gasteiger partial charge in [-0.1, -0.05) is 18.2 Å². The molecule has 0 spiro atoms. The predicted molar refractivity (Wildman–Crippen MR) is 161 cm³/mol. The molecule has 2 aliphatic rings. The molecule has 12 heteroatoms. The topological polar surface area (TPSA) is 119 Å². The number of likely N-dealkylation sites (tertiary alicyclic amines) is 1. The number of carbonyl (C=O) groups is 1. The third kappa shape index (κ3) is 5.32. The summed E-state index contributed by atoms with van der Waals surface area (Å²) in [6, 6.07) is 7.92. The van der Waals surface area contributed by atoms with Gasteiger partial charge in [-0.25, -0.2) is 4.39 Å². The molecule has 0 unspecified atom stereocenters. The third-order valence-corrected chi connectivity index (χ3v) is 8.71. The highest BCUT2D eigenvalue weighted by Crippen LogP contribution is 2.43. The van der Waals surface area contributed by atoms with Gasteiger partial charge in [-0.05, 0) is 56.3 Å². The number of likely N-dealkylation sites (N-methyl/N-ethyl adjacent to an activating group) is 1. The van der Waals surface area contributed by atoms with Gasteiger partial charge in [-0.2, -0.15) is 15.2 Å². The van der Waals surface area contributed by atoms with Crippen molar-refractivity contribution < 1.29 is 23.4 Å². The van der Waals surface area contributed by atoms with E-state index in [2.05, 4.69) is 24.6 Å². The fourth-order valence-electron chi connectivity index (χ4n) is 6.08. The number of aromatic hydroxyl groups is 1. The Morgan fingerprint density at radius 3 is 2.86 bits per heavy atom. The molecule has 6 rings (SSSR count). The van der Waals surface area contributed by atoms with Crippen molar-refractivity contribution in [1.82, 2.24) is 19.8 Å². The van der Waals surface area contributed by atoms with E-state index in [1.54, 1.807) is 17.0 Å². The lowest BCUT2D eigenvalue weighted by atomic mass is 9.98. The standard InChI is InChI=1S/C31H30ClFN6O4/c1-3-26(41)39-11-10-38(16-19(39)6-8-34)30-27-24(35-31(36-30)43-17-20-5-4-9-37(20)2)15-22(21-7-12-42-29(21)27)23-13-18(33)14-25(40)28(23)32/h3,7,12-15,19-20,40H,1,4-6,9-11,16-17H2,2H3/t19-,20-/m0/s1. The predicted octanol–water partition coefficient (Wildman–Crippen LogP) is 5.13. The molecule has 0 aliphatic carbocycles. The number of benzene rings is 2. The fraction of sp³-hybridized carbons (Fsp3) is 0.355. The average Bonchev–Trinajstić information content (AvgIpc) is 3.66. The van der Waals surface area contributed by atoms with Gasteiger partial charge in [0, 0.05) is 42.7 Å². The number of carbonyl (C=O) groups excluding carboxylic acids is 1. The van der Waals surface area contributed by atoms with Crippen molar-refractivity contribution in [1.29, 1.82) is 5.26 Å². The number of furan rings is 1. The molecule has 2 aliphatic heterocycles. The molecular weight excluding hydrogens is 575 g/mol. The van der Waals surface area contributed by atoms with Crippen LogP contribution in [0.3, 0.4) is 0 Å². The van der Waals surface area contributed by atoms with E-state index < -0.39 is 5.82 Å². The van der Waals surface area contributed by atoms with E-state index in [0.29, 0.717) is 59.5 Å². The number of piperazine rings is 1. The summed E-state index contributed by atoms with van der Waals surface area (Å²) in [4.78, 5) is 28.1. The zero-order valence-electron chi connectivity index (χ0n) is 23.6. The largest absolute Gasteiger partial charge is 0.506 e. The van der Waals surface area contributed by atoms with E-state index in [0.717, 1.165) is 25.5 Å². The molecule has 2 saturated heterocycles. The van der Waals surface area contributed by atoms with Gasteiger partial charge >= 0.3 is 6.01 Å². The van der Waals surface area contributed by atoms with E-state index in [1.165, 1.54) is 18.4 Å². The maximum atomic E-state index is 14.4. The van der Waals surface area contributed by atoms with E-state index in [1.807, 2.05) is 4.90 Å². The zero-order chi connectivity index (χ0) is 30.2. The van der Waals surface area contributed by atoms with Gasteiger partial charge in [-0.3, -0.25) is 4.79 Å². The number of phenolic OH excluding ortho intramolecular Hbond substituents is 1. The summed E-state index contributed by atoms with van der Waals surface area (Å²) in [6.45, 7) is 6.15. The number of rotatable bonds is 7. The average molecular weight is 605 g/mol. The minimum absolute atomic E-state index is 0.000580. The second-order valence-electron chi connectivity index (χ2n) is 10.9. The van der Waals surface area contributed by atoms with Gasteiger partial charge < -0.3 is 29.0 Å². The number of hydrogen-bond donors (Lipinski definition) is 1. The number of nitrogens with zero attached hydrogens (tertiary/aromatic N) is 6. The number of ether oxygens (including phenoxy) is 1. The van der Waals surface area contributed by atoms with E-state index in [-0.39, 0.29) is 46.8 Å². The SMILES string of the molecule is C=CC(=O)N1CCN(c2nc(OC[C@@H]3CCCN3C)nc3cc(-c4cc(F)cc(O)c4Cl)c4ccoc4c23)C[C@@H]1CC#N. The number of hydrogen-bond acceptors (Lipinski definition) is 9. The molecule has 222 valence electrons. The van der Waals surface area contributed by atoms with Gasteiger partial charge in [0.05, 0.1) is 40.7 Å². The number of anilines is 1. The summed E-state index contributed by atoms with van der Waals surface area (Å²) in [5, 5.41) is 21.0. The summed E-state index contributed by atoms with van der Waals surface area (Å²) < 4.78 is 26.6. The van der Waals surface area contributed by atoms with Crippen LogP contribution in [0.1, 0.15) is 19.3 Å². The molecule has 0 radical (unpaired) electrons. The molecule has 2 atom stereocenters. The summed E-state index contributed by atoms with van der Waals surface area (Å²) in [5.74, 6) is -0.715. The smallest absolute Gasteiger partial charge is 0.319 e. The first-order chi connectivity index (χ1) is 20.8. The highest BCUT2D eigenvalue weighted by molar-refractivity contribution is 6.35. The normalized spacial score (nSPS) is 19.2. The Morgan fingerprint density at radius 1 is 1.28 bits per heavy atom. The Hall–Kier alpha value is -4.40. The van der Waals surface area contributed by atoms with Crippen molar-refractivity contribution in [2.24, 2.45) is 0 Å². The number of amides is 1. The van der Waals surface area contributed by atoms with Crippen LogP contribution in [0.2, 0.25) is 5.02 Å². The Bertz CT molecular complexity index is 1770. The minimum Gasteiger partial charge on any atom is -0.506 e. The molecule has 2 aromatic carbocycles. The van der Waals surface area contributed by atoms with Crippen LogP contribution in [0.15, 0.2) is 47.6 Å². The molecule has 4 heterocycles. The van der Waals surface area contributed by atoms with E-state index >= 15 is 0 Å². The van der Waals surface area contributed by atoms with Gasteiger partial charge in [-0.15, -0.1) is 0 Å². The van der Waals surface area contributed by atoms with Crippen LogP contribution in [0.4, 0.5) is 10.2 Å². The highest BCUT2D eigenvalue weighted by atomic mass is 35.5. The lowest BCUT2D eigenvalue weighted by molar-refractivity contribution is -0.128. The number of phenols is 1. The second-order valence-corrected chi connectivity index (χ2v) is 11.3. The first kappa shape index (κ1) is 28.7. The molecule has 4 aromatic rings. The molecule has 0 bridgehead atoms. The first-order valence-electron chi connectivity index (χ1n) is 14.1. The molecule has 2 fully saturated rings. The van der Waals surface area contributed by atoms with Crippen molar-refractivity contribution in [2.75, 3.05) is 44.7 Å². The second kappa shape index (κ2) is 11.7. The molecule has 43 heavy (non-hydrogen) atoms. The third-order valence-electron chi connectivity index (χ3n) is 8.31. The Labute approximate surface area is 252 Å². The van der Waals surface area contributed by atoms with Gasteiger partial charge in [0.25, 0.3) is 0 Å². The molecule has 10 nitrogen and oxygen atoms in total. The van der Waals surface area contributed by atoms with E-state index in [4.69, 9.17) is 30.7 Å². The van der Waals surface area contributed by atoms with Crippen LogP contribution in [0.5, 0.6) is 11.8 Å². The maximum absolute atomic E-state index is 14.4. The minimum atomic E-state index is -0.641. The number of nitriles is 1. The van der Waals surface area contributed by atoms with Crippen molar-refractivity contribution in [2.45, 2.75) is 31.3 Å². The first-order valence-corrected chi connectivity index (χ1v) is 14.4. The van der Waals surface area contributed by atoms with Crippen LogP contribution in [0.25, 0.3) is 33.0 Å². The Kier molecular flexibility index (Phi) is 7.81. The van der Waals surface area contributed by atoms with Crippen LogP contribution >= 0.6 is 11.6 Å². The zero-order valence-corrected chi connectivity index (χ0v) is 24.3. The van der Waals surface area contributed by atoms with Crippen LogP contribution in [-0.2, 0) is 4.79 Å². The summed E-state index contributed by atoms with van der Waals surface area (Å²) in [5.41, 5.74) is 1.73. The van der Waals surface area contributed by atoms with Gasteiger partial charge in [0.2, 0.25) is 5.91 Å². The maximum Gasteiger partial charge on any atom is 0.319 e. The lowest BCUT2D eigenvalue weighted by Crippen LogP contribution is -2.55. The molecular formula is C31H30ClFN6O4. The van der Waals surface area contributed by atoms with Crippen molar-refractivity contribution in [3.8, 4) is 29.0 Å². The fourth-order valence-corrected chi connectivity index (χ4v) is 6.29. The summed E-state index contributed by atoms with van der Waals surface area (Å²) in [6.07, 6.45) is 5.01. The van der Waals surface area contributed by atoms with Gasteiger partial charge in [0.15, 0.2) is 0 Å². The quantitative estimate of drug-likeness (QED) is 0.286. The monoisotopic (exact) mass is 604 g/mol. The number of halogens is 2. The van der Waals surface area contributed by atoms with Crippen LogP contribution in [-0.4, -0.2) is 82.7 Å². The van der Waals surface area contributed by atoms with E-state index in [9.17, 15) is 19.6 Å². The summed E-state index contributed by atoms with van der Waals surface area (Å²) in [7, 11) is 2.06. The van der Waals surface area contributed by atoms with Gasteiger partial charge in [0.1, 0.15) is 29.6 Å². The lowest BCUT2D eigenvalue weighted by Gasteiger charge is -2.41. The Morgan fingerprint density at radius 2 is 2.12 bits per heavy atom. The molecule has 1 amide bonds. The van der Waals surface area contributed by atoms with Crippen LogP contribution in [0, 0.1) is 17.1 Å². The Balaban J connectivity index is 1.51. The van der Waals surface area contributed by atoms with Crippen molar-refractivity contribution in [3.63, 3.8) is 0 Å².